The van der Waals surface area contributed by atoms with Gasteiger partial charge in [0.25, 0.3) is 0 Å². The molecule has 1 aromatic rings. The molecule has 0 aliphatic carbocycles. The fourth-order valence-corrected chi connectivity index (χ4v) is 2.93. The van der Waals surface area contributed by atoms with Crippen LogP contribution in [0.15, 0.2) is 12.1 Å². The molecule has 0 radical (unpaired) electrons. The Morgan fingerprint density at radius 3 is 2.78 bits per heavy atom. The van der Waals surface area contributed by atoms with Gasteiger partial charge in [-0.3, -0.25) is 4.90 Å². The summed E-state index contributed by atoms with van der Waals surface area (Å²) >= 11 is 6.28. The summed E-state index contributed by atoms with van der Waals surface area (Å²) in [5, 5.41) is 4.05. The molecule has 1 aromatic carbocycles. The zero-order valence-electron chi connectivity index (χ0n) is 14.1. The number of nitrogens with one attached hydrogen (secondary N) is 1. The third kappa shape index (κ3) is 5.84. The van der Waals surface area contributed by atoms with Gasteiger partial charge in [-0.25, -0.2) is 0 Å². The Hall–Kier alpha value is -1.01. The molecule has 5 nitrogen and oxygen atoms in total. The molecule has 1 aliphatic heterocycles. The first-order valence-electron chi connectivity index (χ1n) is 8.24. The van der Waals surface area contributed by atoms with Gasteiger partial charge in [0.15, 0.2) is 11.5 Å². The first kappa shape index (κ1) is 18.3. The predicted octanol–water partition coefficient (Wildman–Crippen LogP) is 2.56. The van der Waals surface area contributed by atoms with Gasteiger partial charge in [-0.15, -0.1) is 0 Å². The van der Waals surface area contributed by atoms with Crippen LogP contribution in [0.5, 0.6) is 11.5 Å². The van der Waals surface area contributed by atoms with E-state index in [1.54, 1.807) is 7.11 Å². The SMILES string of the molecule is CCOc1c(Cl)cc(CNCCCN2CCOCC2)cc1OC. The largest absolute Gasteiger partial charge is 0.493 e. The van der Waals surface area contributed by atoms with Crippen LogP contribution in [0.1, 0.15) is 18.9 Å². The lowest BCUT2D eigenvalue weighted by Crippen LogP contribution is -2.37. The molecule has 0 atom stereocenters. The molecule has 6 heteroatoms. The van der Waals surface area contributed by atoms with Gasteiger partial charge in [0.05, 0.1) is 32.0 Å². The Labute approximate surface area is 143 Å². The Morgan fingerprint density at radius 2 is 2.09 bits per heavy atom. The second-order valence-electron chi connectivity index (χ2n) is 5.53. The molecular weight excluding hydrogens is 316 g/mol. The van der Waals surface area contributed by atoms with Crippen molar-refractivity contribution in [2.24, 2.45) is 0 Å². The maximum Gasteiger partial charge on any atom is 0.179 e. The van der Waals surface area contributed by atoms with E-state index < -0.39 is 0 Å². The molecular formula is C17H27ClN2O3. The number of ether oxygens (including phenoxy) is 3. The Balaban J connectivity index is 1.75. The van der Waals surface area contributed by atoms with E-state index in [-0.39, 0.29) is 0 Å². The average Bonchev–Trinajstić information content (AvgIpc) is 2.57. The Morgan fingerprint density at radius 1 is 1.30 bits per heavy atom. The fourth-order valence-electron chi connectivity index (χ4n) is 2.64. The highest BCUT2D eigenvalue weighted by atomic mass is 35.5. The Kier molecular flexibility index (Phi) is 7.95. The monoisotopic (exact) mass is 342 g/mol. The number of rotatable bonds is 9. The lowest BCUT2D eigenvalue weighted by Gasteiger charge is -2.26. The van der Waals surface area contributed by atoms with Crippen LogP contribution in [-0.4, -0.2) is 58.0 Å². The van der Waals surface area contributed by atoms with E-state index in [9.17, 15) is 0 Å². The number of nitrogens with zero attached hydrogens (tertiary/aromatic N) is 1. The van der Waals surface area contributed by atoms with Crippen molar-refractivity contribution in [2.75, 3.05) is 53.1 Å². The van der Waals surface area contributed by atoms with Crippen molar-refractivity contribution in [3.8, 4) is 11.5 Å². The minimum atomic E-state index is 0.565. The van der Waals surface area contributed by atoms with Gasteiger partial charge in [0.2, 0.25) is 0 Å². The molecule has 130 valence electrons. The summed E-state index contributed by atoms with van der Waals surface area (Å²) < 4.78 is 16.3. The van der Waals surface area contributed by atoms with Gasteiger partial charge < -0.3 is 19.5 Å². The number of morpholine rings is 1. The van der Waals surface area contributed by atoms with Crippen molar-refractivity contribution in [3.63, 3.8) is 0 Å². The van der Waals surface area contributed by atoms with E-state index in [4.69, 9.17) is 25.8 Å². The topological polar surface area (TPSA) is 43.0 Å². The smallest absolute Gasteiger partial charge is 0.179 e. The van der Waals surface area contributed by atoms with E-state index in [0.717, 1.165) is 57.9 Å². The third-order valence-electron chi connectivity index (χ3n) is 3.84. The molecule has 23 heavy (non-hydrogen) atoms. The molecule has 0 aromatic heterocycles. The average molecular weight is 343 g/mol. The highest BCUT2D eigenvalue weighted by molar-refractivity contribution is 6.32. The molecule has 1 heterocycles. The number of hydrogen-bond donors (Lipinski definition) is 1. The molecule has 1 saturated heterocycles. The summed E-state index contributed by atoms with van der Waals surface area (Å²) in [6.45, 7) is 9.17. The zero-order chi connectivity index (χ0) is 16.5. The summed E-state index contributed by atoms with van der Waals surface area (Å²) in [4.78, 5) is 2.45. The molecule has 1 aliphatic rings. The van der Waals surface area contributed by atoms with Crippen LogP contribution in [0.3, 0.4) is 0 Å². The van der Waals surface area contributed by atoms with Crippen LogP contribution in [0.2, 0.25) is 5.02 Å². The summed E-state index contributed by atoms with van der Waals surface area (Å²) in [6.07, 6.45) is 1.13. The maximum atomic E-state index is 6.28. The van der Waals surface area contributed by atoms with Crippen LogP contribution < -0.4 is 14.8 Å². The highest BCUT2D eigenvalue weighted by Crippen LogP contribution is 2.36. The summed E-state index contributed by atoms with van der Waals surface area (Å²) in [6, 6.07) is 3.91. The molecule has 0 unspecified atom stereocenters. The van der Waals surface area contributed by atoms with Crippen LogP contribution in [-0.2, 0) is 11.3 Å². The summed E-state index contributed by atoms with van der Waals surface area (Å²) in [5.74, 6) is 1.30. The normalized spacial score (nSPS) is 15.6. The van der Waals surface area contributed by atoms with Crippen molar-refractivity contribution in [3.05, 3.63) is 22.7 Å². The van der Waals surface area contributed by atoms with Gasteiger partial charge >= 0.3 is 0 Å². The minimum absolute atomic E-state index is 0.565. The molecule has 0 amide bonds. The number of halogens is 1. The van der Waals surface area contributed by atoms with Crippen LogP contribution in [0.4, 0.5) is 0 Å². The quantitative estimate of drug-likeness (QED) is 0.699. The standard InChI is InChI=1S/C17H27ClN2O3/c1-3-23-17-15(18)11-14(12-16(17)21-2)13-19-5-4-6-20-7-9-22-10-8-20/h11-12,19H,3-10,13H2,1-2H3. The van der Waals surface area contributed by atoms with E-state index in [2.05, 4.69) is 10.2 Å². The highest BCUT2D eigenvalue weighted by Gasteiger charge is 2.12. The summed E-state index contributed by atoms with van der Waals surface area (Å²) in [7, 11) is 1.63. The molecule has 0 spiro atoms. The third-order valence-corrected chi connectivity index (χ3v) is 4.12. The molecule has 0 bridgehead atoms. The molecule has 2 rings (SSSR count). The summed E-state index contributed by atoms with van der Waals surface area (Å²) in [5.41, 5.74) is 1.10. The molecule has 1 fully saturated rings. The van der Waals surface area contributed by atoms with Crippen molar-refractivity contribution in [1.82, 2.24) is 10.2 Å². The van der Waals surface area contributed by atoms with E-state index in [1.807, 2.05) is 19.1 Å². The van der Waals surface area contributed by atoms with Crippen molar-refractivity contribution in [1.29, 1.82) is 0 Å². The lowest BCUT2D eigenvalue weighted by atomic mass is 10.2. The van der Waals surface area contributed by atoms with Crippen LogP contribution >= 0.6 is 11.6 Å². The second kappa shape index (κ2) is 9.98. The van der Waals surface area contributed by atoms with E-state index >= 15 is 0 Å². The lowest BCUT2D eigenvalue weighted by molar-refractivity contribution is 0.0374. The van der Waals surface area contributed by atoms with E-state index in [0.29, 0.717) is 23.1 Å². The van der Waals surface area contributed by atoms with E-state index in [1.165, 1.54) is 0 Å². The van der Waals surface area contributed by atoms with Gasteiger partial charge in [-0.1, -0.05) is 11.6 Å². The number of methoxy groups -OCH3 is 1. The van der Waals surface area contributed by atoms with Crippen molar-refractivity contribution < 1.29 is 14.2 Å². The van der Waals surface area contributed by atoms with Crippen LogP contribution in [0.25, 0.3) is 0 Å². The Bertz CT molecular complexity index is 479. The van der Waals surface area contributed by atoms with Gasteiger partial charge in [0.1, 0.15) is 0 Å². The maximum absolute atomic E-state index is 6.28. The van der Waals surface area contributed by atoms with Crippen molar-refractivity contribution in [2.45, 2.75) is 19.9 Å². The van der Waals surface area contributed by atoms with Crippen molar-refractivity contribution >= 4 is 11.6 Å². The second-order valence-corrected chi connectivity index (χ2v) is 5.93. The molecule has 1 N–H and O–H groups in total. The molecule has 0 saturated carbocycles. The fraction of sp³-hybridized carbons (Fsp3) is 0.647. The van der Waals surface area contributed by atoms with Crippen LogP contribution in [0, 0.1) is 0 Å². The number of benzene rings is 1. The number of hydrogen-bond acceptors (Lipinski definition) is 5. The van der Waals surface area contributed by atoms with Gasteiger partial charge in [-0.05, 0) is 44.1 Å². The zero-order valence-corrected chi connectivity index (χ0v) is 14.8. The van der Waals surface area contributed by atoms with Gasteiger partial charge in [0, 0.05) is 19.6 Å². The first-order chi connectivity index (χ1) is 11.2. The minimum Gasteiger partial charge on any atom is -0.493 e. The predicted molar refractivity (Wildman–Crippen MR) is 92.8 cm³/mol. The van der Waals surface area contributed by atoms with Gasteiger partial charge in [-0.2, -0.15) is 0 Å². The first-order valence-corrected chi connectivity index (χ1v) is 8.62.